The Kier molecular flexibility index (Phi) is 2.56. The van der Waals surface area contributed by atoms with Crippen molar-refractivity contribution in [2.45, 2.75) is 19.4 Å². The van der Waals surface area contributed by atoms with E-state index in [1.54, 1.807) is 0 Å². The van der Waals surface area contributed by atoms with Crippen LogP contribution in [-0.2, 0) is 11.2 Å². The van der Waals surface area contributed by atoms with Crippen LogP contribution in [0.2, 0.25) is 0 Å². The largest absolute Gasteiger partial charge is 0.423 e. The molecule has 1 atom stereocenters. The molecule has 0 amide bonds. The molecule has 1 N–H and O–H groups in total. The molecule has 13 heavy (non-hydrogen) atoms. The third-order valence-electron chi connectivity index (χ3n) is 2.00. The smallest absolute Gasteiger partial charge is 0.235 e. The van der Waals surface area contributed by atoms with Crippen LogP contribution in [0.5, 0.6) is 0 Å². The van der Waals surface area contributed by atoms with Gasteiger partial charge in [-0.25, -0.2) is 0 Å². The van der Waals surface area contributed by atoms with E-state index in [0.717, 1.165) is 19.6 Å². The molecule has 0 saturated carbocycles. The zero-order valence-electron chi connectivity index (χ0n) is 7.62. The highest BCUT2D eigenvalue weighted by molar-refractivity contribution is 4.91. The van der Waals surface area contributed by atoms with Crippen molar-refractivity contribution in [2.75, 3.05) is 19.8 Å². The maximum absolute atomic E-state index is 5.41. The first-order chi connectivity index (χ1) is 6.40. The van der Waals surface area contributed by atoms with E-state index in [-0.39, 0.29) is 6.04 Å². The Balaban J connectivity index is 2.05. The van der Waals surface area contributed by atoms with Crippen LogP contribution in [0.25, 0.3) is 0 Å². The number of aryl methyl sites for hydroxylation is 1. The van der Waals surface area contributed by atoms with Crippen LogP contribution in [0, 0.1) is 0 Å². The first-order valence-electron chi connectivity index (χ1n) is 4.53. The number of ether oxygens (including phenoxy) is 1. The van der Waals surface area contributed by atoms with Gasteiger partial charge in [-0.1, -0.05) is 6.92 Å². The summed E-state index contributed by atoms with van der Waals surface area (Å²) in [5.41, 5.74) is 0. The SMILES string of the molecule is CCc1nnc(C2COCCN2)o1. The van der Waals surface area contributed by atoms with Gasteiger partial charge in [0.25, 0.3) is 0 Å². The minimum absolute atomic E-state index is 0.0709. The Hall–Kier alpha value is -0.940. The summed E-state index contributed by atoms with van der Waals surface area (Å²) < 4.78 is 10.7. The summed E-state index contributed by atoms with van der Waals surface area (Å²) >= 11 is 0. The van der Waals surface area contributed by atoms with Gasteiger partial charge in [-0.2, -0.15) is 0 Å². The van der Waals surface area contributed by atoms with E-state index in [0.29, 0.717) is 18.4 Å². The van der Waals surface area contributed by atoms with Gasteiger partial charge in [0.05, 0.1) is 13.2 Å². The fourth-order valence-electron chi connectivity index (χ4n) is 1.27. The summed E-state index contributed by atoms with van der Waals surface area (Å²) in [5, 5.41) is 11.1. The van der Waals surface area contributed by atoms with Crippen LogP contribution in [0.15, 0.2) is 4.42 Å². The van der Waals surface area contributed by atoms with Crippen LogP contribution in [0.1, 0.15) is 24.7 Å². The van der Waals surface area contributed by atoms with Crippen LogP contribution in [-0.4, -0.2) is 30.0 Å². The molecule has 0 aromatic carbocycles. The Morgan fingerprint density at radius 3 is 3.08 bits per heavy atom. The third kappa shape index (κ3) is 1.87. The van der Waals surface area contributed by atoms with Crippen molar-refractivity contribution < 1.29 is 9.15 Å². The highest BCUT2D eigenvalue weighted by Gasteiger charge is 2.20. The number of aromatic nitrogens is 2. The molecule has 0 spiro atoms. The van der Waals surface area contributed by atoms with Crippen LogP contribution in [0.3, 0.4) is 0 Å². The van der Waals surface area contributed by atoms with Crippen LogP contribution >= 0.6 is 0 Å². The minimum Gasteiger partial charge on any atom is -0.423 e. The lowest BCUT2D eigenvalue weighted by molar-refractivity contribution is 0.0677. The Labute approximate surface area is 76.5 Å². The van der Waals surface area contributed by atoms with Crippen molar-refractivity contribution >= 4 is 0 Å². The lowest BCUT2D eigenvalue weighted by Crippen LogP contribution is -2.34. The number of hydrogen-bond donors (Lipinski definition) is 1. The van der Waals surface area contributed by atoms with E-state index in [2.05, 4.69) is 15.5 Å². The second-order valence-corrected chi connectivity index (χ2v) is 2.97. The highest BCUT2D eigenvalue weighted by Crippen LogP contribution is 2.13. The second kappa shape index (κ2) is 3.85. The number of nitrogens with one attached hydrogen (secondary N) is 1. The molecule has 0 aliphatic carbocycles. The van der Waals surface area contributed by atoms with Crippen molar-refractivity contribution in [3.63, 3.8) is 0 Å². The molecule has 0 radical (unpaired) electrons. The monoisotopic (exact) mass is 183 g/mol. The first kappa shape index (κ1) is 8.65. The average molecular weight is 183 g/mol. The molecule has 1 saturated heterocycles. The Morgan fingerprint density at radius 2 is 2.46 bits per heavy atom. The van der Waals surface area contributed by atoms with Crippen molar-refractivity contribution in [3.8, 4) is 0 Å². The van der Waals surface area contributed by atoms with Gasteiger partial charge in [0.2, 0.25) is 11.8 Å². The molecule has 1 unspecified atom stereocenters. The molecule has 2 heterocycles. The summed E-state index contributed by atoms with van der Waals surface area (Å²) in [6.45, 7) is 4.20. The third-order valence-corrected chi connectivity index (χ3v) is 2.00. The van der Waals surface area contributed by atoms with Gasteiger partial charge in [-0.15, -0.1) is 10.2 Å². The summed E-state index contributed by atoms with van der Waals surface area (Å²) in [7, 11) is 0. The topological polar surface area (TPSA) is 60.2 Å². The predicted octanol–water partition coefficient (Wildman–Crippen LogP) is 0.293. The zero-order valence-corrected chi connectivity index (χ0v) is 7.62. The molecule has 1 aliphatic rings. The molecule has 1 aliphatic heterocycles. The first-order valence-corrected chi connectivity index (χ1v) is 4.53. The molecule has 1 aromatic heterocycles. The van der Waals surface area contributed by atoms with E-state index in [9.17, 15) is 0 Å². The molecule has 1 fully saturated rings. The van der Waals surface area contributed by atoms with Gasteiger partial charge in [0, 0.05) is 13.0 Å². The van der Waals surface area contributed by atoms with E-state index >= 15 is 0 Å². The van der Waals surface area contributed by atoms with Gasteiger partial charge in [0.15, 0.2) is 0 Å². The zero-order chi connectivity index (χ0) is 9.10. The van der Waals surface area contributed by atoms with E-state index in [4.69, 9.17) is 9.15 Å². The number of hydrogen-bond acceptors (Lipinski definition) is 5. The minimum atomic E-state index is 0.0709. The van der Waals surface area contributed by atoms with Crippen molar-refractivity contribution in [1.82, 2.24) is 15.5 Å². The average Bonchev–Trinajstić information content (AvgIpc) is 2.67. The molecular formula is C8H13N3O2. The fraction of sp³-hybridized carbons (Fsp3) is 0.750. The lowest BCUT2D eigenvalue weighted by Gasteiger charge is -2.20. The summed E-state index contributed by atoms with van der Waals surface area (Å²) in [4.78, 5) is 0. The molecule has 1 aromatic rings. The van der Waals surface area contributed by atoms with Crippen LogP contribution in [0.4, 0.5) is 0 Å². The van der Waals surface area contributed by atoms with Crippen molar-refractivity contribution in [3.05, 3.63) is 11.8 Å². The molecule has 5 nitrogen and oxygen atoms in total. The highest BCUT2D eigenvalue weighted by atomic mass is 16.5. The molecular weight excluding hydrogens is 170 g/mol. The van der Waals surface area contributed by atoms with Gasteiger partial charge in [-0.3, -0.25) is 0 Å². The van der Waals surface area contributed by atoms with Crippen LogP contribution < -0.4 is 5.32 Å². The Bertz CT molecular complexity index is 268. The van der Waals surface area contributed by atoms with E-state index < -0.39 is 0 Å². The standard InChI is InChI=1S/C8H13N3O2/c1-2-7-10-11-8(13-7)6-5-12-4-3-9-6/h6,9H,2-5H2,1H3. The molecule has 0 bridgehead atoms. The van der Waals surface area contributed by atoms with E-state index in [1.807, 2.05) is 6.92 Å². The van der Waals surface area contributed by atoms with Crippen molar-refractivity contribution in [2.24, 2.45) is 0 Å². The summed E-state index contributed by atoms with van der Waals surface area (Å²) in [6.07, 6.45) is 0.778. The normalized spacial score (nSPS) is 23.3. The van der Waals surface area contributed by atoms with Crippen molar-refractivity contribution in [1.29, 1.82) is 0 Å². The van der Waals surface area contributed by atoms with Gasteiger partial charge in [-0.05, 0) is 0 Å². The maximum atomic E-state index is 5.41. The Morgan fingerprint density at radius 1 is 1.54 bits per heavy atom. The maximum Gasteiger partial charge on any atom is 0.235 e. The van der Waals surface area contributed by atoms with Gasteiger partial charge in [0.1, 0.15) is 6.04 Å². The quantitative estimate of drug-likeness (QED) is 0.714. The molecule has 2 rings (SSSR count). The van der Waals surface area contributed by atoms with Gasteiger partial charge >= 0.3 is 0 Å². The fourth-order valence-corrected chi connectivity index (χ4v) is 1.27. The molecule has 5 heteroatoms. The van der Waals surface area contributed by atoms with Gasteiger partial charge < -0.3 is 14.5 Å². The second-order valence-electron chi connectivity index (χ2n) is 2.97. The summed E-state index contributed by atoms with van der Waals surface area (Å²) in [6, 6.07) is 0.0709. The predicted molar refractivity (Wildman–Crippen MR) is 45.2 cm³/mol. The number of rotatable bonds is 2. The molecule has 72 valence electrons. The van der Waals surface area contributed by atoms with E-state index in [1.165, 1.54) is 0 Å². The number of morpholine rings is 1. The number of nitrogens with zero attached hydrogens (tertiary/aromatic N) is 2. The lowest BCUT2D eigenvalue weighted by atomic mass is 10.3. The summed E-state index contributed by atoms with van der Waals surface area (Å²) in [5.74, 6) is 1.32.